The van der Waals surface area contributed by atoms with Gasteiger partial charge in [0.05, 0.1) is 0 Å². The smallest absolute Gasteiger partial charge is 0.119 e. The van der Waals surface area contributed by atoms with Gasteiger partial charge in [-0.1, -0.05) is 32.9 Å². The number of rotatable bonds is 8. The maximum absolute atomic E-state index is 5.80. The quantitative estimate of drug-likeness (QED) is 0.740. The van der Waals surface area contributed by atoms with Gasteiger partial charge in [0.25, 0.3) is 0 Å². The lowest BCUT2D eigenvalue weighted by Gasteiger charge is -2.19. The van der Waals surface area contributed by atoms with Crippen molar-refractivity contribution in [2.24, 2.45) is 0 Å². The van der Waals surface area contributed by atoms with Crippen LogP contribution in [0, 0.1) is 0 Å². The van der Waals surface area contributed by atoms with Gasteiger partial charge in [-0.25, -0.2) is 0 Å². The number of nitrogens with zero attached hydrogens (tertiary/aromatic N) is 1. The van der Waals surface area contributed by atoms with E-state index in [4.69, 9.17) is 4.74 Å². The van der Waals surface area contributed by atoms with E-state index < -0.39 is 0 Å². The molecule has 20 heavy (non-hydrogen) atoms. The van der Waals surface area contributed by atoms with Gasteiger partial charge in [0.1, 0.15) is 12.4 Å². The second kappa shape index (κ2) is 8.28. The van der Waals surface area contributed by atoms with Crippen molar-refractivity contribution in [2.45, 2.75) is 32.6 Å². The predicted molar refractivity (Wildman–Crippen MR) is 86.7 cm³/mol. The fourth-order valence-corrected chi connectivity index (χ4v) is 1.94. The molecule has 0 atom stereocenters. The first-order valence-electron chi connectivity index (χ1n) is 7.48. The number of hydrogen-bond acceptors (Lipinski definition) is 3. The molecule has 1 aromatic carbocycles. The molecule has 0 fully saturated rings. The summed E-state index contributed by atoms with van der Waals surface area (Å²) in [6, 6.07) is 8.40. The largest absolute Gasteiger partial charge is 0.492 e. The fraction of sp³-hybridized carbons (Fsp3) is 0.647. The Hall–Kier alpha value is -1.06. The summed E-state index contributed by atoms with van der Waals surface area (Å²) in [5.41, 5.74) is 1.48. The number of ether oxygens (including phenoxy) is 1. The van der Waals surface area contributed by atoms with E-state index in [1.807, 2.05) is 6.07 Å². The van der Waals surface area contributed by atoms with E-state index in [0.717, 1.165) is 32.0 Å². The van der Waals surface area contributed by atoms with Crippen LogP contribution in [-0.2, 0) is 5.41 Å². The number of benzene rings is 1. The summed E-state index contributed by atoms with van der Waals surface area (Å²) in [5, 5.41) is 3.40. The van der Waals surface area contributed by atoms with Crippen molar-refractivity contribution in [1.82, 2.24) is 10.2 Å². The molecule has 3 heteroatoms. The van der Waals surface area contributed by atoms with Crippen molar-refractivity contribution in [2.75, 3.05) is 40.3 Å². The molecular formula is C17H30N2O. The third kappa shape index (κ3) is 6.92. The summed E-state index contributed by atoms with van der Waals surface area (Å²) < 4.78 is 5.80. The first kappa shape index (κ1) is 17.0. The van der Waals surface area contributed by atoms with E-state index in [1.54, 1.807) is 0 Å². The Kier molecular flexibility index (Phi) is 7.03. The van der Waals surface area contributed by atoms with E-state index >= 15 is 0 Å². The summed E-state index contributed by atoms with van der Waals surface area (Å²) in [5.74, 6) is 0.965. The molecule has 0 saturated heterocycles. The van der Waals surface area contributed by atoms with Crippen LogP contribution in [0.5, 0.6) is 5.75 Å². The highest BCUT2D eigenvalue weighted by Gasteiger charge is 2.13. The Balaban J connectivity index is 2.22. The monoisotopic (exact) mass is 278 g/mol. The highest BCUT2D eigenvalue weighted by atomic mass is 16.5. The lowest BCUT2D eigenvalue weighted by atomic mass is 9.87. The minimum absolute atomic E-state index is 0.170. The molecule has 0 aromatic heterocycles. The normalized spacial score (nSPS) is 11.9. The van der Waals surface area contributed by atoms with Gasteiger partial charge in [-0.15, -0.1) is 0 Å². The molecule has 0 aliphatic carbocycles. The average molecular weight is 278 g/mol. The molecule has 114 valence electrons. The highest BCUT2D eigenvalue weighted by Crippen LogP contribution is 2.25. The van der Waals surface area contributed by atoms with Gasteiger partial charge in [0.15, 0.2) is 0 Å². The van der Waals surface area contributed by atoms with Gasteiger partial charge in [-0.3, -0.25) is 0 Å². The van der Waals surface area contributed by atoms with Crippen molar-refractivity contribution in [3.05, 3.63) is 29.8 Å². The van der Waals surface area contributed by atoms with Gasteiger partial charge in [-0.2, -0.15) is 0 Å². The molecule has 0 aliphatic heterocycles. The Morgan fingerprint density at radius 1 is 1.15 bits per heavy atom. The summed E-state index contributed by atoms with van der Waals surface area (Å²) in [6.07, 6.45) is 1.17. The van der Waals surface area contributed by atoms with Gasteiger partial charge in [0.2, 0.25) is 0 Å². The third-order valence-corrected chi connectivity index (χ3v) is 3.21. The second-order valence-corrected chi connectivity index (χ2v) is 6.53. The molecule has 0 unspecified atom stereocenters. The van der Waals surface area contributed by atoms with Crippen molar-refractivity contribution in [3.8, 4) is 5.75 Å². The van der Waals surface area contributed by atoms with Gasteiger partial charge in [-0.05, 0) is 56.7 Å². The maximum atomic E-state index is 5.80. The Bertz CT molecular complexity index is 383. The van der Waals surface area contributed by atoms with Gasteiger partial charge in [0, 0.05) is 6.54 Å². The van der Waals surface area contributed by atoms with Crippen molar-refractivity contribution < 1.29 is 4.74 Å². The van der Waals surface area contributed by atoms with Crippen LogP contribution in [0.25, 0.3) is 0 Å². The van der Waals surface area contributed by atoms with Crippen molar-refractivity contribution >= 4 is 0 Å². The van der Waals surface area contributed by atoms with E-state index in [-0.39, 0.29) is 5.41 Å². The second-order valence-electron chi connectivity index (χ2n) is 6.53. The molecule has 0 spiro atoms. The zero-order valence-corrected chi connectivity index (χ0v) is 13.7. The lowest BCUT2D eigenvalue weighted by molar-refractivity contribution is 0.310. The molecule has 0 amide bonds. The van der Waals surface area contributed by atoms with E-state index in [2.05, 4.69) is 63.3 Å². The summed E-state index contributed by atoms with van der Waals surface area (Å²) >= 11 is 0. The SMILES string of the molecule is CN(C)CCCNCCOc1cccc(C(C)(C)C)c1. The molecule has 1 rings (SSSR count). The van der Waals surface area contributed by atoms with Crippen molar-refractivity contribution in [1.29, 1.82) is 0 Å². The van der Waals surface area contributed by atoms with Gasteiger partial charge < -0.3 is 15.0 Å². The lowest BCUT2D eigenvalue weighted by Crippen LogP contribution is -2.25. The first-order chi connectivity index (χ1) is 9.39. The van der Waals surface area contributed by atoms with Crippen LogP contribution in [0.3, 0.4) is 0 Å². The van der Waals surface area contributed by atoms with E-state index in [1.165, 1.54) is 12.0 Å². The Morgan fingerprint density at radius 2 is 1.90 bits per heavy atom. The van der Waals surface area contributed by atoms with Crippen LogP contribution in [0.2, 0.25) is 0 Å². The summed E-state index contributed by atoms with van der Waals surface area (Å²) in [7, 11) is 4.21. The molecule has 1 N–H and O–H groups in total. The molecule has 0 heterocycles. The Labute approximate surface area is 124 Å². The maximum Gasteiger partial charge on any atom is 0.119 e. The Morgan fingerprint density at radius 3 is 2.55 bits per heavy atom. The van der Waals surface area contributed by atoms with Crippen LogP contribution in [0.15, 0.2) is 24.3 Å². The van der Waals surface area contributed by atoms with E-state index in [0.29, 0.717) is 0 Å². The molecule has 0 aliphatic rings. The van der Waals surface area contributed by atoms with Crippen LogP contribution >= 0.6 is 0 Å². The average Bonchev–Trinajstić information content (AvgIpc) is 2.36. The topological polar surface area (TPSA) is 24.5 Å². The fourth-order valence-electron chi connectivity index (χ4n) is 1.94. The molecular weight excluding hydrogens is 248 g/mol. The van der Waals surface area contributed by atoms with Crippen molar-refractivity contribution in [3.63, 3.8) is 0 Å². The zero-order chi connectivity index (χ0) is 15.0. The summed E-state index contributed by atoms with van der Waals surface area (Å²) in [6.45, 7) is 10.4. The minimum Gasteiger partial charge on any atom is -0.492 e. The van der Waals surface area contributed by atoms with Crippen LogP contribution in [0.1, 0.15) is 32.8 Å². The van der Waals surface area contributed by atoms with Gasteiger partial charge >= 0.3 is 0 Å². The van der Waals surface area contributed by atoms with Crippen LogP contribution in [-0.4, -0.2) is 45.2 Å². The van der Waals surface area contributed by atoms with Crippen LogP contribution < -0.4 is 10.1 Å². The first-order valence-corrected chi connectivity index (χ1v) is 7.48. The molecule has 0 bridgehead atoms. The zero-order valence-electron chi connectivity index (χ0n) is 13.7. The minimum atomic E-state index is 0.170. The standard InChI is InChI=1S/C17H30N2O/c1-17(2,3)15-8-6-9-16(14-15)20-13-11-18-10-7-12-19(4)5/h6,8-9,14,18H,7,10-13H2,1-5H3. The molecule has 3 nitrogen and oxygen atoms in total. The number of nitrogens with one attached hydrogen (secondary N) is 1. The number of hydrogen-bond donors (Lipinski definition) is 1. The highest BCUT2D eigenvalue weighted by molar-refractivity contribution is 5.32. The molecule has 0 radical (unpaired) electrons. The molecule has 1 aromatic rings. The molecule has 0 saturated carbocycles. The third-order valence-electron chi connectivity index (χ3n) is 3.21. The van der Waals surface area contributed by atoms with E-state index in [9.17, 15) is 0 Å². The van der Waals surface area contributed by atoms with Crippen LogP contribution in [0.4, 0.5) is 0 Å². The predicted octanol–water partition coefficient (Wildman–Crippen LogP) is 2.90. The summed E-state index contributed by atoms with van der Waals surface area (Å²) in [4.78, 5) is 2.20.